The van der Waals surface area contributed by atoms with E-state index in [1.165, 1.54) is 30.9 Å². The molecular weight excluding hydrogens is 246 g/mol. The van der Waals surface area contributed by atoms with E-state index in [0.717, 1.165) is 5.76 Å². The number of aryl methyl sites for hydroxylation is 1. The summed E-state index contributed by atoms with van der Waals surface area (Å²) >= 11 is 0. The van der Waals surface area contributed by atoms with Gasteiger partial charge < -0.3 is 14.4 Å². The first-order valence-electron chi connectivity index (χ1n) is 6.08. The third kappa shape index (κ3) is 3.47. The van der Waals surface area contributed by atoms with Gasteiger partial charge in [0.25, 0.3) is 0 Å². The van der Waals surface area contributed by atoms with Crippen LogP contribution in [0.3, 0.4) is 0 Å². The molecule has 0 aliphatic heterocycles. The number of carboxylic acid groups (broad SMARTS) is 1. The molecule has 1 aromatic rings. The molecule has 0 fully saturated rings. The predicted molar refractivity (Wildman–Crippen MR) is 71.6 cm³/mol. The Bertz CT molecular complexity index is 499. The Morgan fingerprint density at radius 3 is 2.47 bits per heavy atom. The largest absolute Gasteiger partial charge is 0.480 e. The lowest BCUT2D eigenvalue weighted by Crippen LogP contribution is -2.52. The number of nitrogens with zero attached hydrogens (tertiary/aromatic N) is 1. The standard InChI is InChI=1S/C14H19NO4/c1-5-15(14(3,4)13(17)18)12(16)9-8-11-7-6-10(2)19-11/h6-9H,5H2,1-4H3,(H,17,18)/b9-8+. The highest BCUT2D eigenvalue weighted by atomic mass is 16.4. The Morgan fingerprint density at radius 2 is 2.05 bits per heavy atom. The first-order chi connectivity index (χ1) is 8.78. The molecule has 0 saturated carbocycles. The van der Waals surface area contributed by atoms with Crippen molar-refractivity contribution in [1.82, 2.24) is 4.90 Å². The summed E-state index contributed by atoms with van der Waals surface area (Å²) < 4.78 is 5.31. The van der Waals surface area contributed by atoms with Crippen LogP contribution in [0.25, 0.3) is 6.08 Å². The van der Waals surface area contributed by atoms with Crippen LogP contribution in [-0.2, 0) is 9.59 Å². The first-order valence-corrected chi connectivity index (χ1v) is 6.08. The summed E-state index contributed by atoms with van der Waals surface area (Å²) in [6.45, 7) is 6.88. The molecule has 0 spiro atoms. The Labute approximate surface area is 112 Å². The van der Waals surface area contributed by atoms with E-state index in [0.29, 0.717) is 12.3 Å². The zero-order valence-corrected chi connectivity index (χ0v) is 11.6. The number of likely N-dealkylation sites (N-methyl/N-ethyl adjacent to an activating group) is 1. The molecule has 5 nitrogen and oxygen atoms in total. The number of amides is 1. The molecule has 0 bridgehead atoms. The van der Waals surface area contributed by atoms with Crippen LogP contribution < -0.4 is 0 Å². The Kier molecular flexibility index (Phi) is 4.53. The van der Waals surface area contributed by atoms with Crippen molar-refractivity contribution in [2.24, 2.45) is 0 Å². The quantitative estimate of drug-likeness (QED) is 0.829. The van der Waals surface area contributed by atoms with Crippen LogP contribution in [0.4, 0.5) is 0 Å². The van der Waals surface area contributed by atoms with Gasteiger partial charge in [0, 0.05) is 12.6 Å². The maximum Gasteiger partial charge on any atom is 0.329 e. The number of hydrogen-bond acceptors (Lipinski definition) is 3. The second-order valence-electron chi connectivity index (χ2n) is 4.73. The lowest BCUT2D eigenvalue weighted by molar-refractivity contribution is -0.154. The summed E-state index contributed by atoms with van der Waals surface area (Å²) in [6, 6.07) is 3.54. The van der Waals surface area contributed by atoms with E-state index in [4.69, 9.17) is 9.52 Å². The van der Waals surface area contributed by atoms with Crippen molar-refractivity contribution >= 4 is 18.0 Å². The molecular formula is C14H19NO4. The van der Waals surface area contributed by atoms with Gasteiger partial charge in [-0.2, -0.15) is 0 Å². The molecule has 0 aliphatic rings. The Hall–Kier alpha value is -2.04. The van der Waals surface area contributed by atoms with Crippen molar-refractivity contribution < 1.29 is 19.1 Å². The average Bonchev–Trinajstić information content (AvgIpc) is 2.73. The van der Waals surface area contributed by atoms with Crippen LogP contribution >= 0.6 is 0 Å². The van der Waals surface area contributed by atoms with E-state index < -0.39 is 11.5 Å². The van der Waals surface area contributed by atoms with Gasteiger partial charge in [0.1, 0.15) is 17.1 Å². The SMILES string of the molecule is CCN(C(=O)/C=C/c1ccc(C)o1)C(C)(C)C(=O)O. The number of hydrogen-bond donors (Lipinski definition) is 1. The second-order valence-corrected chi connectivity index (χ2v) is 4.73. The molecule has 19 heavy (non-hydrogen) atoms. The molecule has 0 aliphatic carbocycles. The summed E-state index contributed by atoms with van der Waals surface area (Å²) in [4.78, 5) is 24.5. The summed E-state index contributed by atoms with van der Waals surface area (Å²) in [5, 5.41) is 9.14. The fraction of sp³-hybridized carbons (Fsp3) is 0.429. The lowest BCUT2D eigenvalue weighted by atomic mass is 10.0. The molecule has 0 radical (unpaired) electrons. The molecule has 104 valence electrons. The Morgan fingerprint density at radius 1 is 1.42 bits per heavy atom. The molecule has 1 amide bonds. The van der Waals surface area contributed by atoms with E-state index in [2.05, 4.69) is 0 Å². The summed E-state index contributed by atoms with van der Waals surface area (Å²) in [6.07, 6.45) is 2.86. The van der Waals surface area contributed by atoms with E-state index in [-0.39, 0.29) is 5.91 Å². The molecule has 1 aromatic heterocycles. The molecule has 0 saturated heterocycles. The highest BCUT2D eigenvalue weighted by molar-refractivity contribution is 5.95. The van der Waals surface area contributed by atoms with Gasteiger partial charge in [-0.1, -0.05) is 0 Å². The van der Waals surface area contributed by atoms with Crippen LogP contribution in [0.1, 0.15) is 32.3 Å². The predicted octanol–water partition coefficient (Wildman–Crippen LogP) is 2.31. The van der Waals surface area contributed by atoms with E-state index in [1.807, 2.05) is 6.92 Å². The zero-order chi connectivity index (χ0) is 14.6. The van der Waals surface area contributed by atoms with Gasteiger partial charge in [-0.3, -0.25) is 4.79 Å². The van der Waals surface area contributed by atoms with Crippen LogP contribution in [0.2, 0.25) is 0 Å². The van der Waals surface area contributed by atoms with Gasteiger partial charge in [0.2, 0.25) is 5.91 Å². The topological polar surface area (TPSA) is 70.8 Å². The molecule has 5 heteroatoms. The van der Waals surface area contributed by atoms with E-state index in [1.54, 1.807) is 19.1 Å². The van der Waals surface area contributed by atoms with Crippen molar-refractivity contribution in [3.05, 3.63) is 29.7 Å². The van der Waals surface area contributed by atoms with E-state index in [9.17, 15) is 9.59 Å². The smallest absolute Gasteiger partial charge is 0.329 e. The van der Waals surface area contributed by atoms with Gasteiger partial charge in [-0.25, -0.2) is 4.79 Å². The number of carbonyl (C=O) groups excluding carboxylic acids is 1. The lowest BCUT2D eigenvalue weighted by Gasteiger charge is -2.33. The second kappa shape index (κ2) is 5.73. The molecule has 0 aromatic carbocycles. The monoisotopic (exact) mass is 265 g/mol. The minimum Gasteiger partial charge on any atom is -0.480 e. The Balaban J connectivity index is 2.86. The first kappa shape index (κ1) is 15.0. The summed E-state index contributed by atoms with van der Waals surface area (Å²) in [5.74, 6) is -0.0748. The molecule has 0 unspecified atom stereocenters. The maximum absolute atomic E-state index is 12.0. The molecule has 1 rings (SSSR count). The van der Waals surface area contributed by atoms with Gasteiger partial charge >= 0.3 is 5.97 Å². The third-order valence-electron chi connectivity index (χ3n) is 2.93. The summed E-state index contributed by atoms with van der Waals surface area (Å²) in [5.41, 5.74) is -1.24. The maximum atomic E-state index is 12.0. The number of carboxylic acids is 1. The third-order valence-corrected chi connectivity index (χ3v) is 2.93. The highest BCUT2D eigenvalue weighted by Gasteiger charge is 2.35. The number of rotatable bonds is 5. The van der Waals surface area contributed by atoms with Crippen molar-refractivity contribution in [3.63, 3.8) is 0 Å². The molecule has 1 N–H and O–H groups in total. The molecule has 0 atom stereocenters. The summed E-state index contributed by atoms with van der Waals surface area (Å²) in [7, 11) is 0. The van der Waals surface area contributed by atoms with Crippen LogP contribution in [0.5, 0.6) is 0 Å². The fourth-order valence-electron chi connectivity index (χ4n) is 1.73. The number of furan rings is 1. The van der Waals surface area contributed by atoms with Gasteiger partial charge in [-0.15, -0.1) is 0 Å². The van der Waals surface area contributed by atoms with Crippen molar-refractivity contribution in [3.8, 4) is 0 Å². The van der Waals surface area contributed by atoms with E-state index >= 15 is 0 Å². The number of carbonyl (C=O) groups is 2. The molecule has 1 heterocycles. The number of aliphatic carboxylic acids is 1. The van der Waals surface area contributed by atoms with Gasteiger partial charge in [0.05, 0.1) is 0 Å². The van der Waals surface area contributed by atoms with Crippen molar-refractivity contribution in [2.45, 2.75) is 33.2 Å². The zero-order valence-electron chi connectivity index (χ0n) is 11.6. The fourth-order valence-corrected chi connectivity index (χ4v) is 1.73. The van der Waals surface area contributed by atoms with Crippen LogP contribution in [0, 0.1) is 6.92 Å². The minimum atomic E-state index is -1.24. The highest BCUT2D eigenvalue weighted by Crippen LogP contribution is 2.16. The normalized spacial score (nSPS) is 11.8. The minimum absolute atomic E-state index is 0.319. The van der Waals surface area contributed by atoms with Crippen molar-refractivity contribution in [1.29, 1.82) is 0 Å². The van der Waals surface area contributed by atoms with Gasteiger partial charge in [0.15, 0.2) is 0 Å². The van der Waals surface area contributed by atoms with Crippen LogP contribution in [0.15, 0.2) is 22.6 Å². The van der Waals surface area contributed by atoms with Gasteiger partial charge in [-0.05, 0) is 45.9 Å². The average molecular weight is 265 g/mol. The van der Waals surface area contributed by atoms with Crippen LogP contribution in [-0.4, -0.2) is 34.0 Å². The van der Waals surface area contributed by atoms with Crippen molar-refractivity contribution in [2.75, 3.05) is 6.54 Å².